The zero-order valence-corrected chi connectivity index (χ0v) is 12.0. The van der Waals surface area contributed by atoms with E-state index in [0.29, 0.717) is 12.6 Å². The molecule has 0 aromatic carbocycles. The molecule has 2 rings (SSSR count). The smallest absolute Gasteiger partial charge is 0.0771 e. The van der Waals surface area contributed by atoms with Crippen molar-refractivity contribution in [2.45, 2.75) is 58.1 Å². The van der Waals surface area contributed by atoms with Crippen LogP contribution in [0.25, 0.3) is 0 Å². The maximum absolute atomic E-state index is 10.2. The number of aryl methyl sites for hydroxylation is 2. The molecule has 2 N–H and O–H groups in total. The van der Waals surface area contributed by atoms with Crippen molar-refractivity contribution in [2.75, 3.05) is 6.54 Å². The second-order valence-corrected chi connectivity index (χ2v) is 5.63. The van der Waals surface area contributed by atoms with Crippen molar-refractivity contribution >= 4 is 0 Å². The second kappa shape index (κ2) is 5.02. The number of nitrogens with zero attached hydrogens (tertiary/aromatic N) is 2. The molecule has 102 valence electrons. The topological polar surface area (TPSA) is 50.1 Å². The van der Waals surface area contributed by atoms with Crippen LogP contribution in [0, 0.1) is 13.8 Å². The van der Waals surface area contributed by atoms with E-state index in [2.05, 4.69) is 31.2 Å². The van der Waals surface area contributed by atoms with Crippen LogP contribution < -0.4 is 5.32 Å². The summed E-state index contributed by atoms with van der Waals surface area (Å²) in [6.45, 7) is 7.04. The van der Waals surface area contributed by atoms with E-state index in [1.54, 1.807) is 0 Å². The van der Waals surface area contributed by atoms with Gasteiger partial charge in [0.1, 0.15) is 0 Å². The van der Waals surface area contributed by atoms with Gasteiger partial charge in [0.25, 0.3) is 0 Å². The maximum Gasteiger partial charge on any atom is 0.0771 e. The van der Waals surface area contributed by atoms with E-state index in [4.69, 9.17) is 0 Å². The van der Waals surface area contributed by atoms with Gasteiger partial charge in [0.2, 0.25) is 0 Å². The lowest BCUT2D eigenvalue weighted by molar-refractivity contribution is -0.0333. The fourth-order valence-corrected chi connectivity index (χ4v) is 2.82. The van der Waals surface area contributed by atoms with Crippen LogP contribution in [0.3, 0.4) is 0 Å². The maximum atomic E-state index is 10.2. The molecule has 1 unspecified atom stereocenters. The third-order valence-corrected chi connectivity index (χ3v) is 4.28. The molecule has 1 aromatic heterocycles. The molecule has 1 aromatic rings. The highest BCUT2D eigenvalue weighted by Gasteiger charge is 2.34. The summed E-state index contributed by atoms with van der Waals surface area (Å²) in [7, 11) is 1.98. The predicted octanol–water partition coefficient (Wildman–Crippen LogP) is 1.99. The Labute approximate surface area is 109 Å². The Morgan fingerprint density at radius 3 is 2.50 bits per heavy atom. The summed E-state index contributed by atoms with van der Waals surface area (Å²) in [6, 6.07) is 0.295. The van der Waals surface area contributed by atoms with Crippen LogP contribution in [0.4, 0.5) is 0 Å². The van der Waals surface area contributed by atoms with Gasteiger partial charge >= 0.3 is 0 Å². The molecular weight excluding hydrogens is 226 g/mol. The Balaban J connectivity index is 2.08. The highest BCUT2D eigenvalue weighted by molar-refractivity contribution is 5.28. The van der Waals surface area contributed by atoms with Crippen LogP contribution in [0.2, 0.25) is 0 Å². The predicted molar refractivity (Wildman–Crippen MR) is 72.5 cm³/mol. The summed E-state index contributed by atoms with van der Waals surface area (Å²) >= 11 is 0. The van der Waals surface area contributed by atoms with Gasteiger partial charge in [-0.3, -0.25) is 4.68 Å². The van der Waals surface area contributed by atoms with Gasteiger partial charge in [0.15, 0.2) is 0 Å². The minimum absolute atomic E-state index is 0.295. The zero-order chi connectivity index (χ0) is 13.3. The summed E-state index contributed by atoms with van der Waals surface area (Å²) in [5, 5.41) is 18.2. The van der Waals surface area contributed by atoms with Gasteiger partial charge in [-0.15, -0.1) is 0 Å². The number of hydrogen-bond donors (Lipinski definition) is 2. The lowest BCUT2D eigenvalue weighted by Gasteiger charge is -2.38. The molecule has 0 saturated heterocycles. The standard InChI is InChI=1S/C14H25N3O/c1-5-12(15-9-14(18)7-6-8-14)13-10(2)16-17(4)11(13)3/h12,15,18H,5-9H2,1-4H3. The summed E-state index contributed by atoms with van der Waals surface area (Å²) in [5.74, 6) is 0. The van der Waals surface area contributed by atoms with Crippen molar-refractivity contribution in [2.24, 2.45) is 7.05 Å². The molecule has 1 aliphatic rings. The third-order valence-electron chi connectivity index (χ3n) is 4.28. The van der Waals surface area contributed by atoms with Crippen LogP contribution in [0.5, 0.6) is 0 Å². The normalized spacial score (nSPS) is 19.6. The molecule has 4 heteroatoms. The minimum atomic E-state index is -0.461. The molecule has 1 aliphatic carbocycles. The first-order valence-corrected chi connectivity index (χ1v) is 6.92. The lowest BCUT2D eigenvalue weighted by Crippen LogP contribution is -2.47. The summed E-state index contributed by atoms with van der Waals surface area (Å²) in [4.78, 5) is 0. The largest absolute Gasteiger partial charge is 0.389 e. The molecule has 0 radical (unpaired) electrons. The number of rotatable bonds is 5. The average Bonchev–Trinajstić information content (AvgIpc) is 2.54. The van der Waals surface area contributed by atoms with Crippen molar-refractivity contribution in [1.82, 2.24) is 15.1 Å². The Kier molecular flexibility index (Phi) is 3.78. The van der Waals surface area contributed by atoms with Gasteiger partial charge < -0.3 is 10.4 Å². The van der Waals surface area contributed by atoms with Gasteiger partial charge in [-0.2, -0.15) is 5.10 Å². The van der Waals surface area contributed by atoms with E-state index >= 15 is 0 Å². The summed E-state index contributed by atoms with van der Waals surface area (Å²) in [6.07, 6.45) is 4.03. The summed E-state index contributed by atoms with van der Waals surface area (Å²) in [5.41, 5.74) is 3.14. The molecular formula is C14H25N3O. The highest BCUT2D eigenvalue weighted by atomic mass is 16.3. The SMILES string of the molecule is CCC(NCC1(O)CCC1)c1c(C)nn(C)c1C. The molecule has 1 fully saturated rings. The fourth-order valence-electron chi connectivity index (χ4n) is 2.82. The third kappa shape index (κ3) is 2.45. The molecule has 0 aliphatic heterocycles. The van der Waals surface area contributed by atoms with Crippen molar-refractivity contribution in [3.63, 3.8) is 0 Å². The van der Waals surface area contributed by atoms with E-state index in [-0.39, 0.29) is 0 Å². The molecule has 1 atom stereocenters. The first-order valence-electron chi connectivity index (χ1n) is 6.92. The van der Waals surface area contributed by atoms with Gasteiger partial charge in [-0.05, 0) is 39.5 Å². The van der Waals surface area contributed by atoms with Crippen molar-refractivity contribution in [3.05, 3.63) is 17.0 Å². The lowest BCUT2D eigenvalue weighted by atomic mass is 9.80. The number of aliphatic hydroxyl groups is 1. The molecule has 0 bridgehead atoms. The number of nitrogens with one attached hydrogen (secondary N) is 1. The van der Waals surface area contributed by atoms with Crippen LogP contribution >= 0.6 is 0 Å². The van der Waals surface area contributed by atoms with E-state index < -0.39 is 5.60 Å². The Bertz CT molecular complexity index is 421. The van der Waals surface area contributed by atoms with Crippen LogP contribution in [0.1, 0.15) is 55.6 Å². The molecule has 0 amide bonds. The Morgan fingerprint density at radius 2 is 2.11 bits per heavy atom. The Morgan fingerprint density at radius 1 is 1.44 bits per heavy atom. The van der Waals surface area contributed by atoms with Crippen LogP contribution in [-0.4, -0.2) is 27.0 Å². The second-order valence-electron chi connectivity index (χ2n) is 5.63. The van der Waals surface area contributed by atoms with Crippen molar-refractivity contribution < 1.29 is 5.11 Å². The zero-order valence-electron chi connectivity index (χ0n) is 12.0. The van der Waals surface area contributed by atoms with E-state index in [1.165, 1.54) is 11.3 Å². The van der Waals surface area contributed by atoms with Gasteiger partial charge in [0.05, 0.1) is 11.3 Å². The van der Waals surface area contributed by atoms with Gasteiger partial charge in [-0.1, -0.05) is 6.92 Å². The van der Waals surface area contributed by atoms with E-state index in [1.807, 2.05) is 11.7 Å². The monoisotopic (exact) mass is 251 g/mol. The van der Waals surface area contributed by atoms with E-state index in [0.717, 1.165) is 31.4 Å². The van der Waals surface area contributed by atoms with Gasteiger partial charge in [-0.25, -0.2) is 0 Å². The molecule has 0 spiro atoms. The van der Waals surface area contributed by atoms with E-state index in [9.17, 15) is 5.11 Å². The van der Waals surface area contributed by atoms with Crippen molar-refractivity contribution in [3.8, 4) is 0 Å². The Hall–Kier alpha value is -0.870. The molecule has 1 heterocycles. The molecule has 18 heavy (non-hydrogen) atoms. The average molecular weight is 251 g/mol. The first-order chi connectivity index (χ1) is 8.47. The van der Waals surface area contributed by atoms with Crippen LogP contribution in [0.15, 0.2) is 0 Å². The fraction of sp³-hybridized carbons (Fsp3) is 0.786. The van der Waals surface area contributed by atoms with Gasteiger partial charge in [0, 0.05) is 30.9 Å². The quantitative estimate of drug-likeness (QED) is 0.841. The van der Waals surface area contributed by atoms with Crippen LogP contribution in [-0.2, 0) is 7.05 Å². The van der Waals surface area contributed by atoms with Crippen molar-refractivity contribution in [1.29, 1.82) is 0 Å². The summed E-state index contributed by atoms with van der Waals surface area (Å²) < 4.78 is 1.94. The number of hydrogen-bond acceptors (Lipinski definition) is 3. The minimum Gasteiger partial charge on any atom is -0.389 e. The number of aromatic nitrogens is 2. The molecule has 4 nitrogen and oxygen atoms in total. The molecule has 1 saturated carbocycles. The first kappa shape index (κ1) is 13.6. The highest BCUT2D eigenvalue weighted by Crippen LogP contribution is 2.32.